The summed E-state index contributed by atoms with van der Waals surface area (Å²) in [6.07, 6.45) is 0.737. The van der Waals surface area contributed by atoms with Crippen LogP contribution >= 0.6 is 38.9 Å². The third-order valence-corrected chi connectivity index (χ3v) is 5.13. The zero-order valence-electron chi connectivity index (χ0n) is 10.4. The minimum atomic E-state index is -0.361. The molecule has 5 heteroatoms. The van der Waals surface area contributed by atoms with Gasteiger partial charge in [0, 0.05) is 15.4 Å². The minimum Gasteiger partial charge on any atom is -0.309 e. The van der Waals surface area contributed by atoms with E-state index >= 15 is 0 Å². The fourth-order valence-corrected chi connectivity index (χ4v) is 3.80. The van der Waals surface area contributed by atoms with Crippen LogP contribution in [0, 0.1) is 5.82 Å². The summed E-state index contributed by atoms with van der Waals surface area (Å²) >= 11 is 11.0. The van der Waals surface area contributed by atoms with Crippen LogP contribution in [-0.2, 0) is 6.42 Å². The quantitative estimate of drug-likeness (QED) is 0.771. The molecule has 0 bridgehead atoms. The van der Waals surface area contributed by atoms with Crippen molar-refractivity contribution in [3.63, 3.8) is 0 Å². The van der Waals surface area contributed by atoms with E-state index in [0.717, 1.165) is 23.0 Å². The highest BCUT2D eigenvalue weighted by Gasteiger charge is 2.16. The van der Waals surface area contributed by atoms with Crippen LogP contribution in [-0.4, -0.2) is 6.54 Å². The zero-order chi connectivity index (χ0) is 13.8. The van der Waals surface area contributed by atoms with Gasteiger partial charge in [-0.15, -0.1) is 11.3 Å². The topological polar surface area (TPSA) is 12.0 Å². The van der Waals surface area contributed by atoms with Crippen LogP contribution in [0.1, 0.15) is 23.4 Å². The molecule has 1 aromatic heterocycles. The summed E-state index contributed by atoms with van der Waals surface area (Å²) in [5.74, 6) is -0.361. The Kier molecular flexibility index (Phi) is 5.39. The molecule has 1 heterocycles. The number of thiophene rings is 1. The number of halogens is 3. The molecule has 0 radical (unpaired) electrons. The molecule has 0 saturated carbocycles. The van der Waals surface area contributed by atoms with Gasteiger partial charge >= 0.3 is 0 Å². The maximum Gasteiger partial charge on any atom is 0.142 e. The van der Waals surface area contributed by atoms with Crippen LogP contribution in [0.3, 0.4) is 0 Å². The smallest absolute Gasteiger partial charge is 0.142 e. The lowest BCUT2D eigenvalue weighted by Gasteiger charge is -2.17. The molecule has 0 spiro atoms. The van der Waals surface area contributed by atoms with Crippen molar-refractivity contribution in [2.24, 2.45) is 0 Å². The van der Waals surface area contributed by atoms with Gasteiger partial charge in [-0.2, -0.15) is 0 Å². The van der Waals surface area contributed by atoms with Crippen molar-refractivity contribution in [1.82, 2.24) is 5.32 Å². The van der Waals surface area contributed by atoms with Gasteiger partial charge in [-0.05, 0) is 58.0 Å². The van der Waals surface area contributed by atoms with E-state index in [4.69, 9.17) is 11.6 Å². The Bertz CT molecular complexity index is 558. The highest BCUT2D eigenvalue weighted by molar-refractivity contribution is 9.10. The predicted octanol–water partition coefficient (Wildman–Crippen LogP) is 5.20. The van der Waals surface area contributed by atoms with Crippen molar-refractivity contribution in [2.45, 2.75) is 19.4 Å². The third-order valence-electron chi connectivity index (χ3n) is 2.84. The first-order chi connectivity index (χ1) is 9.11. The first-order valence-corrected chi connectivity index (χ1v) is 8.07. The van der Waals surface area contributed by atoms with Crippen LogP contribution in [0.4, 0.5) is 4.39 Å². The van der Waals surface area contributed by atoms with Gasteiger partial charge < -0.3 is 5.32 Å². The Morgan fingerprint density at radius 1 is 1.42 bits per heavy atom. The normalized spacial score (nSPS) is 12.6. The second-order valence-electron chi connectivity index (χ2n) is 4.20. The van der Waals surface area contributed by atoms with Gasteiger partial charge in [-0.3, -0.25) is 0 Å². The summed E-state index contributed by atoms with van der Waals surface area (Å²) in [5, 5.41) is 5.65. The Labute approximate surface area is 129 Å². The molecular weight excluding hydrogens is 349 g/mol. The highest BCUT2D eigenvalue weighted by Crippen LogP contribution is 2.31. The Hall–Kier alpha value is -0.420. The van der Waals surface area contributed by atoms with E-state index in [0.29, 0.717) is 0 Å². The fourth-order valence-electron chi connectivity index (χ4n) is 1.96. The summed E-state index contributed by atoms with van der Waals surface area (Å²) in [5.41, 5.74) is 0.938. The molecule has 0 saturated heterocycles. The molecular formula is C14H14BrClFNS. The first kappa shape index (κ1) is 15.0. The minimum absolute atomic E-state index is 0.168. The molecule has 0 aliphatic carbocycles. The molecule has 1 nitrogen and oxygen atoms in total. The Balaban J connectivity index is 2.21. The fraction of sp³-hybridized carbons (Fsp3) is 0.286. The number of benzene rings is 1. The maximum absolute atomic E-state index is 13.5. The van der Waals surface area contributed by atoms with Gasteiger partial charge in [0.15, 0.2) is 0 Å². The Morgan fingerprint density at radius 2 is 2.21 bits per heavy atom. The molecule has 2 aromatic rings. The molecule has 1 unspecified atom stereocenters. The van der Waals surface area contributed by atoms with Gasteiger partial charge in [0.05, 0.1) is 5.02 Å². The van der Waals surface area contributed by atoms with E-state index in [-0.39, 0.29) is 16.9 Å². The lowest BCUT2D eigenvalue weighted by atomic mass is 10.0. The number of hydrogen-bond donors (Lipinski definition) is 1. The third kappa shape index (κ3) is 3.78. The van der Waals surface area contributed by atoms with Crippen molar-refractivity contribution in [1.29, 1.82) is 0 Å². The summed E-state index contributed by atoms with van der Waals surface area (Å²) in [6.45, 7) is 2.93. The molecule has 0 amide bonds. The molecule has 102 valence electrons. The van der Waals surface area contributed by atoms with Crippen LogP contribution < -0.4 is 5.32 Å². The van der Waals surface area contributed by atoms with E-state index in [1.54, 1.807) is 17.4 Å². The summed E-state index contributed by atoms with van der Waals surface area (Å²) < 4.78 is 14.6. The molecule has 1 atom stereocenters. The predicted molar refractivity (Wildman–Crippen MR) is 83.6 cm³/mol. The van der Waals surface area contributed by atoms with Crippen molar-refractivity contribution in [2.75, 3.05) is 6.54 Å². The number of likely N-dealkylation sites (N-methyl/N-ethyl adjacent to an activating group) is 1. The van der Waals surface area contributed by atoms with Gasteiger partial charge in [-0.25, -0.2) is 4.39 Å². The average molecular weight is 363 g/mol. The van der Waals surface area contributed by atoms with Crippen LogP contribution in [0.25, 0.3) is 0 Å². The average Bonchev–Trinajstić information content (AvgIpc) is 2.79. The lowest BCUT2D eigenvalue weighted by Crippen LogP contribution is -2.22. The monoisotopic (exact) mass is 361 g/mol. The molecule has 1 aromatic carbocycles. The standard InChI is InChI=1S/C14H14BrClFNS/c1-2-18-13(14-10(15)5-6-19-14)8-9-3-4-11(16)12(17)7-9/h3-7,13,18H,2,8H2,1H3. The number of rotatable bonds is 5. The van der Waals surface area contributed by atoms with Gasteiger partial charge in [0.25, 0.3) is 0 Å². The van der Waals surface area contributed by atoms with E-state index < -0.39 is 0 Å². The van der Waals surface area contributed by atoms with Gasteiger partial charge in [0.1, 0.15) is 5.82 Å². The first-order valence-electron chi connectivity index (χ1n) is 6.02. The van der Waals surface area contributed by atoms with Crippen molar-refractivity contribution < 1.29 is 4.39 Å². The van der Waals surface area contributed by atoms with Crippen LogP contribution in [0.5, 0.6) is 0 Å². The molecule has 0 aliphatic heterocycles. The Morgan fingerprint density at radius 3 is 2.79 bits per heavy atom. The van der Waals surface area contributed by atoms with Crippen LogP contribution in [0.15, 0.2) is 34.1 Å². The molecule has 0 aliphatic rings. The van der Waals surface area contributed by atoms with E-state index in [2.05, 4.69) is 28.2 Å². The SMILES string of the molecule is CCNC(Cc1ccc(Cl)c(F)c1)c1sccc1Br. The van der Waals surface area contributed by atoms with Gasteiger partial charge in [0.2, 0.25) is 0 Å². The van der Waals surface area contributed by atoms with E-state index in [9.17, 15) is 4.39 Å². The largest absolute Gasteiger partial charge is 0.309 e. The van der Waals surface area contributed by atoms with Gasteiger partial charge in [-0.1, -0.05) is 24.6 Å². The van der Waals surface area contributed by atoms with Crippen molar-refractivity contribution in [3.05, 3.63) is 55.4 Å². The number of nitrogens with one attached hydrogen (secondary N) is 1. The molecule has 19 heavy (non-hydrogen) atoms. The van der Waals surface area contributed by atoms with E-state index in [1.807, 2.05) is 17.5 Å². The molecule has 1 N–H and O–H groups in total. The van der Waals surface area contributed by atoms with Crippen molar-refractivity contribution >= 4 is 38.9 Å². The lowest BCUT2D eigenvalue weighted by molar-refractivity contribution is 0.553. The molecule has 0 fully saturated rings. The van der Waals surface area contributed by atoms with Crippen LogP contribution in [0.2, 0.25) is 5.02 Å². The summed E-state index contributed by atoms with van der Waals surface area (Å²) in [7, 11) is 0. The van der Waals surface area contributed by atoms with E-state index in [1.165, 1.54) is 10.9 Å². The highest BCUT2D eigenvalue weighted by atomic mass is 79.9. The summed E-state index contributed by atoms with van der Waals surface area (Å²) in [4.78, 5) is 1.23. The number of hydrogen-bond acceptors (Lipinski definition) is 2. The summed E-state index contributed by atoms with van der Waals surface area (Å²) in [6, 6.07) is 7.21. The zero-order valence-corrected chi connectivity index (χ0v) is 13.6. The second kappa shape index (κ2) is 6.84. The van der Waals surface area contributed by atoms with Crippen molar-refractivity contribution in [3.8, 4) is 0 Å². The maximum atomic E-state index is 13.5. The second-order valence-corrected chi connectivity index (χ2v) is 6.40. The molecule has 2 rings (SSSR count).